The van der Waals surface area contributed by atoms with Crippen LogP contribution < -0.4 is 4.90 Å². The molecule has 0 unspecified atom stereocenters. The zero-order valence-electron chi connectivity index (χ0n) is 11.0. The van der Waals surface area contributed by atoms with Crippen LogP contribution in [0.2, 0.25) is 0 Å². The number of hydrogen-bond acceptors (Lipinski definition) is 5. The van der Waals surface area contributed by atoms with E-state index in [-0.39, 0.29) is 6.61 Å². The van der Waals surface area contributed by atoms with Gasteiger partial charge in [-0.1, -0.05) is 17.4 Å². The van der Waals surface area contributed by atoms with E-state index < -0.39 is 0 Å². The zero-order chi connectivity index (χ0) is 13.2. The van der Waals surface area contributed by atoms with Crippen LogP contribution in [0.5, 0.6) is 0 Å². The van der Waals surface area contributed by atoms with Gasteiger partial charge in [-0.2, -0.15) is 0 Å². The van der Waals surface area contributed by atoms with Gasteiger partial charge in [0.15, 0.2) is 5.13 Å². The number of aromatic nitrogens is 1. The maximum absolute atomic E-state index is 9.42. The molecular formula is C14H18N2OS2. The summed E-state index contributed by atoms with van der Waals surface area (Å²) in [5.41, 5.74) is 1.14. The first-order valence-electron chi connectivity index (χ1n) is 6.62. The monoisotopic (exact) mass is 294 g/mol. The fraction of sp³-hybridized carbons (Fsp3) is 0.500. The molecule has 102 valence electrons. The number of rotatable bonds is 6. The van der Waals surface area contributed by atoms with Gasteiger partial charge in [0, 0.05) is 24.4 Å². The van der Waals surface area contributed by atoms with Crippen molar-refractivity contribution in [2.45, 2.75) is 31.8 Å². The summed E-state index contributed by atoms with van der Waals surface area (Å²) in [6.45, 7) is 1.10. The number of thiophene rings is 1. The largest absolute Gasteiger partial charge is 0.391 e. The molecule has 1 N–H and O–H groups in total. The maximum atomic E-state index is 9.42. The van der Waals surface area contributed by atoms with Gasteiger partial charge >= 0.3 is 0 Å². The highest BCUT2D eigenvalue weighted by Crippen LogP contribution is 2.44. The van der Waals surface area contributed by atoms with E-state index in [9.17, 15) is 5.11 Å². The Balaban J connectivity index is 1.67. The fourth-order valence-corrected chi connectivity index (χ4v) is 3.82. The first kappa shape index (κ1) is 13.1. The highest BCUT2D eigenvalue weighted by atomic mass is 32.1. The van der Waals surface area contributed by atoms with Gasteiger partial charge < -0.3 is 10.0 Å². The number of thiazole rings is 1. The van der Waals surface area contributed by atoms with Gasteiger partial charge in [0.1, 0.15) is 0 Å². The van der Waals surface area contributed by atoms with Crippen molar-refractivity contribution in [1.82, 2.24) is 4.98 Å². The van der Waals surface area contributed by atoms with Crippen LogP contribution >= 0.6 is 22.7 Å². The summed E-state index contributed by atoms with van der Waals surface area (Å²) in [6, 6.07) is 4.27. The Kier molecular flexibility index (Phi) is 3.86. The van der Waals surface area contributed by atoms with E-state index in [2.05, 4.69) is 29.5 Å². The lowest BCUT2D eigenvalue weighted by atomic mass is 10.2. The van der Waals surface area contributed by atoms with Crippen molar-refractivity contribution in [2.24, 2.45) is 0 Å². The molecule has 0 saturated heterocycles. The molecule has 1 aliphatic carbocycles. The number of anilines is 1. The van der Waals surface area contributed by atoms with Crippen LogP contribution in [0.3, 0.4) is 0 Å². The van der Waals surface area contributed by atoms with E-state index in [0.717, 1.165) is 28.7 Å². The number of likely N-dealkylation sites (N-methyl/N-ethyl adjacent to an activating group) is 1. The molecule has 0 bridgehead atoms. The molecule has 0 spiro atoms. The van der Waals surface area contributed by atoms with Crippen LogP contribution in [-0.2, 0) is 13.0 Å². The number of aliphatic hydroxyl groups excluding tert-OH is 1. The topological polar surface area (TPSA) is 36.4 Å². The zero-order valence-corrected chi connectivity index (χ0v) is 12.6. The third-order valence-corrected chi connectivity index (χ3v) is 5.53. The second-order valence-corrected chi connectivity index (χ2v) is 7.08. The summed E-state index contributed by atoms with van der Waals surface area (Å²) in [5.74, 6) is 0.609. The Hall–Kier alpha value is -0.910. The molecule has 0 aromatic carbocycles. The van der Waals surface area contributed by atoms with E-state index in [1.807, 2.05) is 0 Å². The summed E-state index contributed by atoms with van der Waals surface area (Å²) in [5, 5.41) is 12.6. The second kappa shape index (κ2) is 5.61. The van der Waals surface area contributed by atoms with E-state index in [4.69, 9.17) is 4.98 Å². The molecule has 2 aromatic rings. The predicted molar refractivity (Wildman–Crippen MR) is 81.3 cm³/mol. The Bertz CT molecular complexity index is 532. The summed E-state index contributed by atoms with van der Waals surface area (Å²) in [4.78, 5) is 9.40. The maximum Gasteiger partial charge on any atom is 0.185 e. The standard InChI is InChI=1S/C14H18N2OS2/c1-16(7-6-11-3-2-8-18-11)14-15-13(10-4-5-10)12(9-17)19-14/h2-3,8,10,17H,4-7,9H2,1H3. The van der Waals surface area contributed by atoms with Gasteiger partial charge in [-0.3, -0.25) is 0 Å². The SMILES string of the molecule is CN(CCc1cccs1)c1nc(C2CC2)c(CO)s1. The quantitative estimate of drug-likeness (QED) is 0.888. The van der Waals surface area contributed by atoms with Crippen LogP contribution in [0.4, 0.5) is 5.13 Å². The van der Waals surface area contributed by atoms with E-state index in [1.54, 1.807) is 22.7 Å². The molecule has 1 saturated carbocycles. The number of nitrogens with zero attached hydrogens (tertiary/aromatic N) is 2. The molecule has 3 rings (SSSR count). The van der Waals surface area contributed by atoms with Crippen LogP contribution in [0.1, 0.15) is 34.2 Å². The third-order valence-electron chi connectivity index (χ3n) is 3.42. The molecule has 0 atom stereocenters. The lowest BCUT2D eigenvalue weighted by Crippen LogP contribution is -2.19. The highest BCUT2D eigenvalue weighted by Gasteiger charge is 2.29. The van der Waals surface area contributed by atoms with Crippen molar-refractivity contribution in [1.29, 1.82) is 0 Å². The van der Waals surface area contributed by atoms with Gasteiger partial charge in [-0.15, -0.1) is 11.3 Å². The lowest BCUT2D eigenvalue weighted by Gasteiger charge is -2.14. The summed E-state index contributed by atoms with van der Waals surface area (Å²) < 4.78 is 0. The van der Waals surface area contributed by atoms with Gasteiger partial charge in [-0.25, -0.2) is 4.98 Å². The first-order chi connectivity index (χ1) is 9.28. The van der Waals surface area contributed by atoms with Gasteiger partial charge in [0.2, 0.25) is 0 Å². The fourth-order valence-electron chi connectivity index (χ4n) is 2.13. The summed E-state index contributed by atoms with van der Waals surface area (Å²) >= 11 is 3.45. The molecule has 5 heteroatoms. The summed E-state index contributed by atoms with van der Waals surface area (Å²) in [6.07, 6.45) is 3.52. The predicted octanol–water partition coefficient (Wildman–Crippen LogP) is 3.25. The molecule has 3 nitrogen and oxygen atoms in total. The second-order valence-electron chi connectivity index (χ2n) is 4.99. The Morgan fingerprint density at radius 2 is 2.32 bits per heavy atom. The molecular weight excluding hydrogens is 276 g/mol. The van der Waals surface area contributed by atoms with Crippen molar-refractivity contribution in [3.05, 3.63) is 33.0 Å². The third kappa shape index (κ3) is 2.99. The van der Waals surface area contributed by atoms with E-state index in [0.29, 0.717) is 5.92 Å². The number of aliphatic hydroxyl groups is 1. The molecule has 1 fully saturated rings. The minimum Gasteiger partial charge on any atom is -0.391 e. The van der Waals surface area contributed by atoms with Crippen LogP contribution in [0, 0.1) is 0 Å². The molecule has 1 aliphatic rings. The average molecular weight is 294 g/mol. The molecule has 2 aromatic heterocycles. The van der Waals surface area contributed by atoms with E-state index in [1.165, 1.54) is 17.7 Å². The summed E-state index contributed by atoms with van der Waals surface area (Å²) in [7, 11) is 2.09. The van der Waals surface area contributed by atoms with Crippen molar-refractivity contribution < 1.29 is 5.11 Å². The molecule has 0 aliphatic heterocycles. The number of hydrogen-bond donors (Lipinski definition) is 1. The van der Waals surface area contributed by atoms with Crippen molar-refractivity contribution in [2.75, 3.05) is 18.5 Å². The van der Waals surface area contributed by atoms with Crippen LogP contribution in [-0.4, -0.2) is 23.7 Å². The van der Waals surface area contributed by atoms with Gasteiger partial charge in [-0.05, 0) is 30.7 Å². The van der Waals surface area contributed by atoms with Crippen molar-refractivity contribution >= 4 is 27.8 Å². The van der Waals surface area contributed by atoms with Gasteiger partial charge in [0.05, 0.1) is 17.2 Å². The van der Waals surface area contributed by atoms with Crippen LogP contribution in [0.25, 0.3) is 0 Å². The van der Waals surface area contributed by atoms with Crippen molar-refractivity contribution in [3.8, 4) is 0 Å². The van der Waals surface area contributed by atoms with Gasteiger partial charge in [0.25, 0.3) is 0 Å². The molecule has 2 heterocycles. The first-order valence-corrected chi connectivity index (χ1v) is 8.31. The Labute approximate surface area is 121 Å². The molecule has 0 radical (unpaired) electrons. The average Bonchev–Trinajstić information content (AvgIpc) is 2.98. The minimum atomic E-state index is 0.127. The smallest absolute Gasteiger partial charge is 0.185 e. The Morgan fingerprint density at radius 1 is 1.47 bits per heavy atom. The minimum absolute atomic E-state index is 0.127. The molecule has 19 heavy (non-hydrogen) atoms. The van der Waals surface area contributed by atoms with Crippen molar-refractivity contribution in [3.63, 3.8) is 0 Å². The van der Waals surface area contributed by atoms with Crippen LogP contribution in [0.15, 0.2) is 17.5 Å². The van der Waals surface area contributed by atoms with E-state index >= 15 is 0 Å². The lowest BCUT2D eigenvalue weighted by molar-refractivity contribution is 0.284. The Morgan fingerprint density at radius 3 is 2.95 bits per heavy atom. The highest BCUT2D eigenvalue weighted by molar-refractivity contribution is 7.15. The normalized spacial score (nSPS) is 14.8. The molecule has 0 amide bonds.